The van der Waals surface area contributed by atoms with E-state index in [1.165, 1.54) is 0 Å². The number of methoxy groups -OCH3 is 1. The summed E-state index contributed by atoms with van der Waals surface area (Å²) in [6, 6.07) is 7.74. The summed E-state index contributed by atoms with van der Waals surface area (Å²) in [5, 5.41) is 7.61. The minimum Gasteiger partial charge on any atom is -0.496 e. The van der Waals surface area contributed by atoms with Gasteiger partial charge in [0.2, 0.25) is 11.7 Å². The SMILES string of the molecule is CCC1(c2nc(-c3ccccc3OC)no2)CCCNC1. The first-order chi connectivity index (χ1) is 10.3. The third kappa shape index (κ3) is 2.53. The van der Waals surface area contributed by atoms with Crippen LogP contribution in [-0.2, 0) is 5.41 Å². The van der Waals surface area contributed by atoms with Crippen LogP contribution in [0.1, 0.15) is 32.1 Å². The highest BCUT2D eigenvalue weighted by atomic mass is 16.5. The number of piperidine rings is 1. The van der Waals surface area contributed by atoms with Crippen molar-refractivity contribution in [1.29, 1.82) is 0 Å². The van der Waals surface area contributed by atoms with Crippen molar-refractivity contribution in [3.05, 3.63) is 30.2 Å². The van der Waals surface area contributed by atoms with Crippen molar-refractivity contribution >= 4 is 0 Å². The van der Waals surface area contributed by atoms with Crippen molar-refractivity contribution in [2.75, 3.05) is 20.2 Å². The first-order valence-electron chi connectivity index (χ1n) is 7.47. The monoisotopic (exact) mass is 287 g/mol. The van der Waals surface area contributed by atoms with Crippen molar-refractivity contribution in [2.24, 2.45) is 0 Å². The smallest absolute Gasteiger partial charge is 0.234 e. The standard InChI is InChI=1S/C16H21N3O2/c1-3-16(9-6-10-17-11-16)15-18-14(19-21-15)12-7-4-5-8-13(12)20-2/h4-5,7-8,17H,3,6,9-11H2,1-2H3. The first-order valence-corrected chi connectivity index (χ1v) is 7.47. The molecule has 0 aliphatic carbocycles. The lowest BCUT2D eigenvalue weighted by Gasteiger charge is -2.33. The zero-order valence-corrected chi connectivity index (χ0v) is 12.6. The number of aromatic nitrogens is 2. The number of para-hydroxylation sites is 1. The van der Waals surface area contributed by atoms with Crippen LogP contribution in [0.15, 0.2) is 28.8 Å². The van der Waals surface area contributed by atoms with Crippen LogP contribution in [0, 0.1) is 0 Å². The van der Waals surface area contributed by atoms with Crippen molar-refractivity contribution in [3.8, 4) is 17.1 Å². The van der Waals surface area contributed by atoms with Gasteiger partial charge in [0, 0.05) is 6.54 Å². The third-order valence-electron chi connectivity index (χ3n) is 4.38. The van der Waals surface area contributed by atoms with E-state index in [-0.39, 0.29) is 5.41 Å². The molecule has 1 aliphatic rings. The normalized spacial score (nSPS) is 22.2. The molecule has 5 heteroatoms. The Bertz CT molecular complexity index is 603. The summed E-state index contributed by atoms with van der Waals surface area (Å²) >= 11 is 0. The van der Waals surface area contributed by atoms with Crippen LogP contribution in [0.4, 0.5) is 0 Å². The van der Waals surface area contributed by atoms with Crippen LogP contribution >= 0.6 is 0 Å². The summed E-state index contributed by atoms with van der Waals surface area (Å²) in [6.07, 6.45) is 3.22. The van der Waals surface area contributed by atoms with E-state index < -0.39 is 0 Å². The van der Waals surface area contributed by atoms with Crippen molar-refractivity contribution in [2.45, 2.75) is 31.6 Å². The molecule has 1 aromatic heterocycles. The molecule has 2 aromatic rings. The van der Waals surface area contributed by atoms with E-state index in [0.29, 0.717) is 5.82 Å². The average molecular weight is 287 g/mol. The quantitative estimate of drug-likeness (QED) is 0.937. The highest BCUT2D eigenvalue weighted by Gasteiger charge is 2.37. The van der Waals surface area contributed by atoms with E-state index in [1.807, 2.05) is 24.3 Å². The molecule has 0 bridgehead atoms. The molecule has 1 aromatic carbocycles. The maximum Gasteiger partial charge on any atom is 0.234 e. The highest BCUT2D eigenvalue weighted by molar-refractivity contribution is 5.63. The van der Waals surface area contributed by atoms with Gasteiger partial charge in [-0.15, -0.1) is 0 Å². The number of nitrogens with zero attached hydrogens (tertiary/aromatic N) is 2. The predicted octanol–water partition coefficient (Wildman–Crippen LogP) is 2.78. The highest BCUT2D eigenvalue weighted by Crippen LogP contribution is 2.35. The van der Waals surface area contributed by atoms with Gasteiger partial charge in [0.05, 0.1) is 18.1 Å². The summed E-state index contributed by atoms with van der Waals surface area (Å²) in [5.41, 5.74) is 0.830. The average Bonchev–Trinajstić information content (AvgIpc) is 3.06. The van der Waals surface area contributed by atoms with Crippen LogP contribution in [0.25, 0.3) is 11.4 Å². The van der Waals surface area contributed by atoms with Gasteiger partial charge < -0.3 is 14.6 Å². The fraction of sp³-hybridized carbons (Fsp3) is 0.500. The van der Waals surface area contributed by atoms with E-state index in [2.05, 4.69) is 22.4 Å². The Morgan fingerprint density at radius 2 is 2.24 bits per heavy atom. The summed E-state index contributed by atoms with van der Waals surface area (Å²) in [7, 11) is 1.65. The van der Waals surface area contributed by atoms with Crippen LogP contribution < -0.4 is 10.1 Å². The van der Waals surface area contributed by atoms with Crippen molar-refractivity contribution in [1.82, 2.24) is 15.5 Å². The third-order valence-corrected chi connectivity index (χ3v) is 4.38. The lowest BCUT2D eigenvalue weighted by atomic mass is 9.78. The molecule has 1 N–H and O–H groups in total. The maximum atomic E-state index is 5.60. The Morgan fingerprint density at radius 1 is 1.38 bits per heavy atom. The number of hydrogen-bond acceptors (Lipinski definition) is 5. The lowest BCUT2D eigenvalue weighted by molar-refractivity contribution is 0.221. The molecule has 112 valence electrons. The number of hydrogen-bond donors (Lipinski definition) is 1. The van der Waals surface area contributed by atoms with Gasteiger partial charge in [0.15, 0.2) is 0 Å². The second kappa shape index (κ2) is 5.85. The Labute approximate surface area is 124 Å². The molecular weight excluding hydrogens is 266 g/mol. The van der Waals surface area contributed by atoms with Gasteiger partial charge in [-0.05, 0) is 37.9 Å². The molecule has 1 unspecified atom stereocenters. The molecule has 21 heavy (non-hydrogen) atoms. The molecule has 1 atom stereocenters. The fourth-order valence-electron chi connectivity index (χ4n) is 2.98. The molecule has 1 saturated heterocycles. The van der Waals surface area contributed by atoms with E-state index in [0.717, 1.165) is 49.6 Å². The van der Waals surface area contributed by atoms with Gasteiger partial charge in [0.1, 0.15) is 5.75 Å². The predicted molar refractivity (Wildman–Crippen MR) is 80.4 cm³/mol. The summed E-state index contributed by atoms with van der Waals surface area (Å²) in [6.45, 7) is 4.15. The van der Waals surface area contributed by atoms with Gasteiger partial charge in [-0.2, -0.15) is 4.98 Å². The molecule has 0 saturated carbocycles. The zero-order valence-electron chi connectivity index (χ0n) is 12.6. The Balaban J connectivity index is 1.96. The molecule has 0 amide bonds. The minimum absolute atomic E-state index is 0.0362. The minimum atomic E-state index is -0.0362. The topological polar surface area (TPSA) is 60.2 Å². The van der Waals surface area contributed by atoms with Crippen molar-refractivity contribution < 1.29 is 9.26 Å². The number of rotatable bonds is 4. The van der Waals surface area contributed by atoms with Gasteiger partial charge >= 0.3 is 0 Å². The molecule has 0 radical (unpaired) electrons. The fourth-order valence-corrected chi connectivity index (χ4v) is 2.98. The summed E-state index contributed by atoms with van der Waals surface area (Å²) in [4.78, 5) is 4.66. The first kappa shape index (κ1) is 14.1. The number of nitrogens with one attached hydrogen (secondary N) is 1. The van der Waals surface area contributed by atoms with Gasteiger partial charge in [0.25, 0.3) is 0 Å². The molecule has 2 heterocycles. The maximum absolute atomic E-state index is 5.60. The molecule has 1 aliphatic heterocycles. The van der Waals surface area contributed by atoms with Crippen LogP contribution in [0.2, 0.25) is 0 Å². The lowest BCUT2D eigenvalue weighted by Crippen LogP contribution is -2.43. The van der Waals surface area contributed by atoms with E-state index >= 15 is 0 Å². The van der Waals surface area contributed by atoms with Crippen LogP contribution in [0.3, 0.4) is 0 Å². The summed E-state index contributed by atoms with van der Waals surface area (Å²) < 4.78 is 11.0. The zero-order chi connectivity index (χ0) is 14.7. The number of benzene rings is 1. The molecule has 1 fully saturated rings. The van der Waals surface area contributed by atoms with Gasteiger partial charge in [-0.25, -0.2) is 0 Å². The van der Waals surface area contributed by atoms with E-state index in [4.69, 9.17) is 9.26 Å². The second-order valence-corrected chi connectivity index (χ2v) is 5.54. The second-order valence-electron chi connectivity index (χ2n) is 5.54. The van der Waals surface area contributed by atoms with E-state index in [9.17, 15) is 0 Å². The van der Waals surface area contributed by atoms with Crippen LogP contribution in [0.5, 0.6) is 5.75 Å². The van der Waals surface area contributed by atoms with Crippen LogP contribution in [-0.4, -0.2) is 30.3 Å². The molecule has 0 spiro atoms. The summed E-state index contributed by atoms with van der Waals surface area (Å²) in [5.74, 6) is 2.09. The Morgan fingerprint density at radius 3 is 2.95 bits per heavy atom. The van der Waals surface area contributed by atoms with E-state index in [1.54, 1.807) is 7.11 Å². The van der Waals surface area contributed by atoms with Gasteiger partial charge in [-0.1, -0.05) is 24.2 Å². The molecule has 3 rings (SSSR count). The van der Waals surface area contributed by atoms with Gasteiger partial charge in [-0.3, -0.25) is 0 Å². The largest absolute Gasteiger partial charge is 0.496 e. The number of ether oxygens (including phenoxy) is 1. The Kier molecular flexibility index (Phi) is 3.92. The Hall–Kier alpha value is -1.88. The molecular formula is C16H21N3O2. The van der Waals surface area contributed by atoms with Crippen molar-refractivity contribution in [3.63, 3.8) is 0 Å². The molecule has 5 nitrogen and oxygen atoms in total.